The van der Waals surface area contributed by atoms with Crippen LogP contribution in [0.25, 0.3) is 0 Å². The normalized spacial score (nSPS) is 12.4. The van der Waals surface area contributed by atoms with Crippen LogP contribution in [0, 0.1) is 5.92 Å². The third-order valence-electron chi connectivity index (χ3n) is 1.71. The van der Waals surface area contributed by atoms with Crippen molar-refractivity contribution in [3.8, 4) is 0 Å². The third kappa shape index (κ3) is 3.41. The Balaban J connectivity index is 2.18. The van der Waals surface area contributed by atoms with E-state index < -0.39 is 0 Å². The SMILES string of the molecule is COC(=O)C(C)CSCc1ccno1. The lowest BCUT2D eigenvalue weighted by Gasteiger charge is -2.06. The largest absolute Gasteiger partial charge is 0.469 e. The van der Waals surface area contributed by atoms with Crippen molar-refractivity contribution in [3.63, 3.8) is 0 Å². The van der Waals surface area contributed by atoms with Crippen molar-refractivity contribution in [2.75, 3.05) is 12.9 Å². The van der Waals surface area contributed by atoms with Gasteiger partial charge in [0.2, 0.25) is 0 Å². The fourth-order valence-corrected chi connectivity index (χ4v) is 1.88. The summed E-state index contributed by atoms with van der Waals surface area (Å²) in [7, 11) is 1.40. The molecule has 0 bridgehead atoms. The Labute approximate surface area is 87.0 Å². The molecule has 4 nitrogen and oxygen atoms in total. The van der Waals surface area contributed by atoms with Crippen LogP contribution in [0.3, 0.4) is 0 Å². The molecule has 0 aliphatic heterocycles. The molecule has 0 aliphatic rings. The highest BCUT2D eigenvalue weighted by atomic mass is 32.2. The lowest BCUT2D eigenvalue weighted by Crippen LogP contribution is -2.14. The Hall–Kier alpha value is -0.970. The Bertz CT molecular complexity index is 274. The molecule has 1 heterocycles. The molecular formula is C9H13NO3S. The average molecular weight is 215 g/mol. The van der Waals surface area contributed by atoms with E-state index in [1.54, 1.807) is 18.0 Å². The number of hydrogen-bond donors (Lipinski definition) is 0. The molecule has 0 saturated heterocycles. The van der Waals surface area contributed by atoms with Gasteiger partial charge in [-0.2, -0.15) is 11.8 Å². The van der Waals surface area contributed by atoms with Crippen molar-refractivity contribution in [2.45, 2.75) is 12.7 Å². The molecule has 1 aromatic rings. The van der Waals surface area contributed by atoms with Gasteiger partial charge in [0.25, 0.3) is 0 Å². The zero-order valence-electron chi connectivity index (χ0n) is 8.23. The number of rotatable bonds is 5. The van der Waals surface area contributed by atoms with Gasteiger partial charge in [-0.1, -0.05) is 12.1 Å². The molecule has 1 atom stereocenters. The Morgan fingerprint density at radius 1 is 1.79 bits per heavy atom. The highest BCUT2D eigenvalue weighted by Gasteiger charge is 2.12. The summed E-state index contributed by atoms with van der Waals surface area (Å²) in [6.45, 7) is 1.85. The molecule has 0 amide bonds. The zero-order valence-corrected chi connectivity index (χ0v) is 9.04. The molecule has 78 valence electrons. The molecule has 14 heavy (non-hydrogen) atoms. The first-order valence-corrected chi connectivity index (χ1v) is 5.44. The van der Waals surface area contributed by atoms with E-state index in [1.807, 2.05) is 13.0 Å². The molecule has 0 saturated carbocycles. The highest BCUT2D eigenvalue weighted by molar-refractivity contribution is 7.98. The van der Waals surface area contributed by atoms with Crippen LogP contribution in [0.4, 0.5) is 0 Å². The van der Waals surface area contributed by atoms with Gasteiger partial charge in [0.15, 0.2) is 0 Å². The maximum Gasteiger partial charge on any atom is 0.309 e. The van der Waals surface area contributed by atoms with Crippen molar-refractivity contribution in [1.29, 1.82) is 0 Å². The number of carbonyl (C=O) groups excluding carboxylic acids is 1. The zero-order chi connectivity index (χ0) is 10.4. The van der Waals surface area contributed by atoms with E-state index in [9.17, 15) is 4.79 Å². The van der Waals surface area contributed by atoms with Gasteiger partial charge in [-0.25, -0.2) is 0 Å². The van der Waals surface area contributed by atoms with Gasteiger partial charge < -0.3 is 9.26 Å². The van der Waals surface area contributed by atoms with Gasteiger partial charge in [-0.3, -0.25) is 4.79 Å². The third-order valence-corrected chi connectivity index (χ3v) is 2.93. The molecule has 0 spiro atoms. The number of methoxy groups -OCH3 is 1. The van der Waals surface area contributed by atoms with Crippen molar-refractivity contribution < 1.29 is 14.1 Å². The van der Waals surface area contributed by atoms with Crippen LogP contribution in [-0.2, 0) is 15.3 Å². The summed E-state index contributed by atoms with van der Waals surface area (Å²) >= 11 is 1.63. The standard InChI is InChI=1S/C9H13NO3S/c1-7(9(11)12-2)5-14-6-8-3-4-10-13-8/h3-4,7H,5-6H2,1-2H3. The van der Waals surface area contributed by atoms with Crippen molar-refractivity contribution in [3.05, 3.63) is 18.0 Å². The summed E-state index contributed by atoms with van der Waals surface area (Å²) in [5.74, 6) is 2.05. The lowest BCUT2D eigenvalue weighted by atomic mass is 10.2. The molecule has 1 aromatic heterocycles. The number of hydrogen-bond acceptors (Lipinski definition) is 5. The number of nitrogens with zero attached hydrogens (tertiary/aromatic N) is 1. The minimum Gasteiger partial charge on any atom is -0.469 e. The quantitative estimate of drug-likeness (QED) is 0.700. The van der Waals surface area contributed by atoms with E-state index >= 15 is 0 Å². The minimum absolute atomic E-state index is 0.0760. The molecular weight excluding hydrogens is 202 g/mol. The van der Waals surface area contributed by atoms with Crippen LogP contribution in [0.15, 0.2) is 16.8 Å². The van der Waals surface area contributed by atoms with Gasteiger partial charge in [0, 0.05) is 11.8 Å². The summed E-state index contributed by atoms with van der Waals surface area (Å²) < 4.78 is 9.53. The van der Waals surface area contributed by atoms with E-state index in [1.165, 1.54) is 7.11 Å². The number of esters is 1. The molecule has 0 aliphatic carbocycles. The van der Waals surface area contributed by atoms with E-state index in [4.69, 9.17) is 4.52 Å². The molecule has 5 heteroatoms. The van der Waals surface area contributed by atoms with Crippen molar-refractivity contribution in [1.82, 2.24) is 5.16 Å². The summed E-state index contributed by atoms with van der Waals surface area (Å²) in [5, 5.41) is 3.59. The smallest absolute Gasteiger partial charge is 0.309 e. The monoisotopic (exact) mass is 215 g/mol. The number of ether oxygens (including phenoxy) is 1. The summed E-state index contributed by atoms with van der Waals surface area (Å²) in [6, 6.07) is 1.82. The fourth-order valence-electron chi connectivity index (χ4n) is 0.922. The summed E-state index contributed by atoms with van der Waals surface area (Å²) in [4.78, 5) is 11.0. The molecule has 0 fully saturated rings. The molecule has 0 radical (unpaired) electrons. The second-order valence-corrected chi connectivity index (χ2v) is 3.95. The Kier molecular flexibility index (Phi) is 4.52. The van der Waals surface area contributed by atoms with E-state index in [0.29, 0.717) is 0 Å². The Morgan fingerprint density at radius 2 is 2.57 bits per heavy atom. The Morgan fingerprint density at radius 3 is 3.14 bits per heavy atom. The molecule has 0 aromatic carbocycles. The average Bonchev–Trinajstić information content (AvgIpc) is 2.69. The van der Waals surface area contributed by atoms with Crippen LogP contribution in [0.1, 0.15) is 12.7 Å². The second-order valence-electron chi connectivity index (χ2n) is 2.92. The minimum atomic E-state index is -0.171. The first-order valence-electron chi connectivity index (χ1n) is 4.29. The first-order chi connectivity index (χ1) is 6.74. The fraction of sp³-hybridized carbons (Fsp3) is 0.556. The van der Waals surface area contributed by atoms with Crippen molar-refractivity contribution in [2.24, 2.45) is 5.92 Å². The van der Waals surface area contributed by atoms with Crippen LogP contribution >= 0.6 is 11.8 Å². The topological polar surface area (TPSA) is 52.3 Å². The molecule has 0 N–H and O–H groups in total. The number of aromatic nitrogens is 1. The van der Waals surface area contributed by atoms with Crippen LogP contribution in [0.5, 0.6) is 0 Å². The summed E-state index contributed by atoms with van der Waals surface area (Å²) in [6.07, 6.45) is 1.61. The maximum atomic E-state index is 11.0. The first kappa shape index (κ1) is 11.1. The number of thioether (sulfide) groups is 1. The van der Waals surface area contributed by atoms with Gasteiger partial charge in [-0.05, 0) is 0 Å². The van der Waals surface area contributed by atoms with Crippen molar-refractivity contribution >= 4 is 17.7 Å². The van der Waals surface area contributed by atoms with Gasteiger partial charge in [0.1, 0.15) is 5.76 Å². The molecule has 1 unspecified atom stereocenters. The van der Waals surface area contributed by atoms with Gasteiger partial charge in [-0.15, -0.1) is 0 Å². The van der Waals surface area contributed by atoms with E-state index in [2.05, 4.69) is 9.89 Å². The predicted molar refractivity (Wildman–Crippen MR) is 53.8 cm³/mol. The second kappa shape index (κ2) is 5.70. The van der Waals surface area contributed by atoms with Crippen LogP contribution < -0.4 is 0 Å². The van der Waals surface area contributed by atoms with Crippen LogP contribution in [0.2, 0.25) is 0 Å². The lowest BCUT2D eigenvalue weighted by molar-refractivity contribution is -0.143. The molecule has 1 rings (SSSR count). The van der Waals surface area contributed by atoms with Crippen LogP contribution in [-0.4, -0.2) is 24.0 Å². The maximum absolute atomic E-state index is 11.0. The van der Waals surface area contributed by atoms with Gasteiger partial charge >= 0.3 is 5.97 Å². The predicted octanol–water partition coefficient (Wildman–Crippen LogP) is 1.72. The summed E-state index contributed by atoms with van der Waals surface area (Å²) in [5.41, 5.74) is 0. The van der Waals surface area contributed by atoms with E-state index in [0.717, 1.165) is 17.3 Å². The highest BCUT2D eigenvalue weighted by Crippen LogP contribution is 2.15. The van der Waals surface area contributed by atoms with Gasteiger partial charge in [0.05, 0.1) is 25.0 Å². The number of carbonyl (C=O) groups is 1. The van der Waals surface area contributed by atoms with E-state index in [-0.39, 0.29) is 11.9 Å².